The Bertz CT molecular complexity index is 1870. The van der Waals surface area contributed by atoms with Crippen molar-refractivity contribution in [1.29, 1.82) is 0 Å². The second kappa shape index (κ2) is 67.6. The lowest BCUT2D eigenvalue weighted by Gasteiger charge is -2.41. The van der Waals surface area contributed by atoms with Gasteiger partial charge in [0.2, 0.25) is 5.91 Å². The molecule has 0 radical (unpaired) electrons. The largest absolute Gasteiger partial charge is 0.454 e. The Labute approximate surface area is 565 Å². The SMILES string of the molecule is CCCCC/C=C\C/C=C\C/C=C\C/C=C\CCCCCCCCCCCC(=O)OC1C(OCC(NC(=O)C(O)CCCCCCCCCCCCCCC/C=C\C/C=C\C/C=C\CCCCC)C(O)/C=C/CCCCCCCCCCCC)OC(CO)C(O)C1O. The number of esters is 1. The van der Waals surface area contributed by atoms with Crippen molar-refractivity contribution in [2.24, 2.45) is 0 Å². The van der Waals surface area contributed by atoms with Gasteiger partial charge in [-0.3, -0.25) is 9.59 Å². The van der Waals surface area contributed by atoms with Crippen LogP contribution in [-0.4, -0.2) is 99.6 Å². The number of hydrogen-bond acceptors (Lipinski definition) is 10. The second-order valence-corrected chi connectivity index (χ2v) is 26.4. The fraction of sp³-hybridized carbons (Fsp3) is 0.778. The fourth-order valence-corrected chi connectivity index (χ4v) is 11.6. The molecule has 0 bridgehead atoms. The summed E-state index contributed by atoms with van der Waals surface area (Å²) in [5.41, 5.74) is 0. The van der Waals surface area contributed by atoms with Gasteiger partial charge in [-0.15, -0.1) is 0 Å². The van der Waals surface area contributed by atoms with E-state index in [9.17, 15) is 35.1 Å². The molecule has 1 saturated heterocycles. The van der Waals surface area contributed by atoms with E-state index < -0.39 is 67.4 Å². The lowest BCUT2D eigenvalue weighted by molar-refractivity contribution is -0.305. The molecule has 0 aromatic heterocycles. The number of carbonyl (C=O) groups is 2. The third-order valence-corrected chi connectivity index (χ3v) is 17.7. The van der Waals surface area contributed by atoms with Gasteiger partial charge in [0.25, 0.3) is 0 Å². The predicted molar refractivity (Wildman–Crippen MR) is 389 cm³/mol. The van der Waals surface area contributed by atoms with Crippen molar-refractivity contribution in [1.82, 2.24) is 5.32 Å². The van der Waals surface area contributed by atoms with Gasteiger partial charge in [0.1, 0.15) is 24.4 Å². The predicted octanol–water partition coefficient (Wildman–Crippen LogP) is 20.6. The van der Waals surface area contributed by atoms with Gasteiger partial charge in [0.05, 0.1) is 25.4 Å². The minimum Gasteiger partial charge on any atom is -0.454 e. The lowest BCUT2D eigenvalue weighted by atomic mass is 9.99. The summed E-state index contributed by atoms with van der Waals surface area (Å²) in [5, 5.41) is 57.4. The molecule has 11 heteroatoms. The first-order valence-corrected chi connectivity index (χ1v) is 38.5. The first-order valence-electron chi connectivity index (χ1n) is 38.5. The van der Waals surface area contributed by atoms with E-state index in [0.29, 0.717) is 12.8 Å². The summed E-state index contributed by atoms with van der Waals surface area (Å²) in [5.74, 6) is -1.20. The number of rotatable bonds is 66. The van der Waals surface area contributed by atoms with Crippen LogP contribution >= 0.6 is 0 Å². The topological polar surface area (TPSA) is 175 Å². The molecule has 532 valence electrons. The van der Waals surface area contributed by atoms with Crippen LogP contribution in [0.5, 0.6) is 0 Å². The second-order valence-electron chi connectivity index (χ2n) is 26.4. The molecular weight excluding hydrogens is 1150 g/mol. The lowest BCUT2D eigenvalue weighted by Crippen LogP contribution is -2.61. The summed E-state index contributed by atoms with van der Waals surface area (Å²) in [6.45, 7) is 5.77. The number of aliphatic hydroxyl groups is 5. The minimum absolute atomic E-state index is 0.114. The van der Waals surface area contributed by atoms with Crippen molar-refractivity contribution in [3.8, 4) is 0 Å². The number of unbranched alkanes of at least 4 members (excludes halogenated alkanes) is 38. The summed E-state index contributed by atoms with van der Waals surface area (Å²) >= 11 is 0. The van der Waals surface area contributed by atoms with E-state index in [2.05, 4.69) is 111 Å². The number of allylic oxidation sites excluding steroid dienone is 15. The number of aliphatic hydroxyl groups excluding tert-OH is 5. The average molecular weight is 1290 g/mol. The van der Waals surface area contributed by atoms with Gasteiger partial charge in [0, 0.05) is 6.42 Å². The van der Waals surface area contributed by atoms with Crippen LogP contribution in [-0.2, 0) is 23.8 Å². The van der Waals surface area contributed by atoms with Crippen LogP contribution in [0.1, 0.15) is 342 Å². The Morgan fingerprint density at radius 3 is 1.14 bits per heavy atom. The summed E-state index contributed by atoms with van der Waals surface area (Å²) in [4.78, 5) is 26.8. The molecule has 6 N–H and O–H groups in total. The molecular formula is C81H143NO10. The van der Waals surface area contributed by atoms with Crippen LogP contribution in [0, 0.1) is 0 Å². The van der Waals surface area contributed by atoms with Crippen molar-refractivity contribution in [3.05, 3.63) is 97.2 Å². The van der Waals surface area contributed by atoms with Crippen molar-refractivity contribution in [2.45, 2.75) is 391 Å². The van der Waals surface area contributed by atoms with E-state index >= 15 is 0 Å². The Balaban J connectivity index is 2.53. The Morgan fingerprint density at radius 1 is 0.424 bits per heavy atom. The van der Waals surface area contributed by atoms with Gasteiger partial charge < -0.3 is 45.1 Å². The Morgan fingerprint density at radius 2 is 0.750 bits per heavy atom. The van der Waals surface area contributed by atoms with Crippen LogP contribution in [0.25, 0.3) is 0 Å². The van der Waals surface area contributed by atoms with E-state index in [1.807, 2.05) is 6.08 Å². The van der Waals surface area contributed by atoms with Crippen LogP contribution in [0.4, 0.5) is 0 Å². The highest BCUT2D eigenvalue weighted by molar-refractivity contribution is 5.80. The Hall–Kier alpha value is -3.42. The smallest absolute Gasteiger partial charge is 0.306 e. The molecule has 0 aromatic carbocycles. The average Bonchev–Trinajstić information content (AvgIpc) is 0.875. The minimum atomic E-state index is -1.62. The van der Waals surface area contributed by atoms with Crippen LogP contribution < -0.4 is 5.32 Å². The normalized spacial score (nSPS) is 18.5. The maximum absolute atomic E-state index is 13.5. The third kappa shape index (κ3) is 53.8. The van der Waals surface area contributed by atoms with Gasteiger partial charge in [-0.1, -0.05) is 323 Å². The molecule has 1 rings (SSSR count). The van der Waals surface area contributed by atoms with E-state index in [1.54, 1.807) is 6.08 Å². The summed E-state index contributed by atoms with van der Waals surface area (Å²) in [6, 6.07) is -1.03. The number of carbonyl (C=O) groups excluding carboxylic acids is 2. The summed E-state index contributed by atoms with van der Waals surface area (Å²) in [6.07, 6.45) is 81.6. The van der Waals surface area contributed by atoms with Crippen LogP contribution in [0.3, 0.4) is 0 Å². The molecule has 8 atom stereocenters. The standard InChI is InChI=1S/C81H143NO10/c1-4-7-10-13-16-19-22-25-27-29-31-33-35-37-39-40-42-44-46-48-50-53-56-59-62-65-68-74(85)80(89)82-72(73(84)67-64-61-58-55-52-24-21-18-15-12-9-6-3)71-90-81-79(78(88)77(87)75(70-83)91-81)92-76(86)69-66-63-60-57-54-51-49-47-45-43-41-38-36-34-32-30-28-26-23-20-17-14-11-8-5-2/h16-17,19-20,25-28,31-34,38,41,64,67,72-75,77-79,81,83-85,87-88H,4-15,18,21-24,29-30,35-37,39-40,42-63,65-66,68-71H2,1-3H3,(H,82,89)/b19-16-,20-17-,27-25-,28-26-,33-31-,34-32-,41-38-,67-64+. The number of hydrogen-bond donors (Lipinski definition) is 6. The van der Waals surface area contributed by atoms with Crippen molar-refractivity contribution >= 4 is 11.9 Å². The molecule has 0 spiro atoms. The molecule has 0 saturated carbocycles. The van der Waals surface area contributed by atoms with Crippen molar-refractivity contribution in [2.75, 3.05) is 13.2 Å². The zero-order chi connectivity index (χ0) is 66.7. The van der Waals surface area contributed by atoms with E-state index in [4.69, 9.17) is 14.2 Å². The van der Waals surface area contributed by atoms with Gasteiger partial charge in [-0.25, -0.2) is 0 Å². The van der Waals surface area contributed by atoms with E-state index in [1.165, 1.54) is 193 Å². The molecule has 8 unspecified atom stereocenters. The van der Waals surface area contributed by atoms with Crippen LogP contribution in [0.15, 0.2) is 97.2 Å². The van der Waals surface area contributed by atoms with Gasteiger partial charge in [-0.05, 0) is 109 Å². The Kier molecular flexibility index (Phi) is 63.6. The highest BCUT2D eigenvalue weighted by Gasteiger charge is 2.47. The fourth-order valence-electron chi connectivity index (χ4n) is 11.6. The monoisotopic (exact) mass is 1290 g/mol. The van der Waals surface area contributed by atoms with Gasteiger partial charge >= 0.3 is 5.97 Å². The van der Waals surface area contributed by atoms with E-state index in [-0.39, 0.29) is 19.4 Å². The van der Waals surface area contributed by atoms with Crippen molar-refractivity contribution in [3.63, 3.8) is 0 Å². The molecule has 0 aromatic rings. The molecule has 0 aliphatic carbocycles. The first-order chi connectivity index (χ1) is 45.2. The first kappa shape index (κ1) is 86.6. The third-order valence-electron chi connectivity index (χ3n) is 17.7. The molecule has 1 aliphatic rings. The molecule has 1 fully saturated rings. The number of amides is 1. The summed E-state index contributed by atoms with van der Waals surface area (Å²) in [7, 11) is 0. The highest BCUT2D eigenvalue weighted by atomic mass is 16.7. The van der Waals surface area contributed by atoms with Crippen LogP contribution in [0.2, 0.25) is 0 Å². The quantitative estimate of drug-likeness (QED) is 0.0195. The van der Waals surface area contributed by atoms with Gasteiger partial charge in [-0.2, -0.15) is 0 Å². The number of nitrogens with one attached hydrogen (secondary N) is 1. The number of ether oxygens (including phenoxy) is 3. The zero-order valence-corrected chi connectivity index (χ0v) is 59.4. The van der Waals surface area contributed by atoms with Crippen molar-refractivity contribution < 1.29 is 49.3 Å². The van der Waals surface area contributed by atoms with E-state index in [0.717, 1.165) is 103 Å². The molecule has 11 nitrogen and oxygen atoms in total. The summed E-state index contributed by atoms with van der Waals surface area (Å²) < 4.78 is 17.7. The molecule has 92 heavy (non-hydrogen) atoms. The maximum Gasteiger partial charge on any atom is 0.306 e. The molecule has 1 aliphatic heterocycles. The maximum atomic E-state index is 13.5. The van der Waals surface area contributed by atoms with Gasteiger partial charge in [0.15, 0.2) is 12.4 Å². The molecule has 1 amide bonds. The zero-order valence-electron chi connectivity index (χ0n) is 59.4. The molecule has 1 heterocycles. The highest BCUT2D eigenvalue weighted by Crippen LogP contribution is 2.26.